The molecule has 0 fully saturated rings. The summed E-state index contributed by atoms with van der Waals surface area (Å²) in [7, 11) is 1.72. The van der Waals surface area contributed by atoms with E-state index in [1.54, 1.807) is 16.5 Å². The van der Waals surface area contributed by atoms with Crippen LogP contribution in [0.1, 0.15) is 5.56 Å². The Hall–Kier alpha value is -3.53. The first kappa shape index (κ1) is 22.7. The molecule has 0 saturated carbocycles. The predicted octanol–water partition coefficient (Wildman–Crippen LogP) is 2.13. The van der Waals surface area contributed by atoms with E-state index in [0.717, 1.165) is 11.1 Å². The van der Waals surface area contributed by atoms with Gasteiger partial charge in [0.05, 0.1) is 12.3 Å². The Morgan fingerprint density at radius 2 is 1.97 bits per heavy atom. The lowest BCUT2D eigenvalue weighted by atomic mass is 10.1. The fourth-order valence-corrected chi connectivity index (χ4v) is 4.37. The highest BCUT2D eigenvalue weighted by Gasteiger charge is 2.24. The van der Waals surface area contributed by atoms with Crippen molar-refractivity contribution < 1.29 is 19.1 Å². The summed E-state index contributed by atoms with van der Waals surface area (Å²) >= 11 is 1.21. The van der Waals surface area contributed by atoms with Crippen molar-refractivity contribution in [2.24, 2.45) is 5.73 Å². The van der Waals surface area contributed by atoms with Crippen LogP contribution in [0.15, 0.2) is 53.7 Å². The van der Waals surface area contributed by atoms with E-state index in [1.807, 2.05) is 55.5 Å². The Labute approximate surface area is 195 Å². The lowest BCUT2D eigenvalue weighted by molar-refractivity contribution is -0.128. The van der Waals surface area contributed by atoms with Gasteiger partial charge in [0.25, 0.3) is 0 Å². The van der Waals surface area contributed by atoms with Crippen LogP contribution < -0.4 is 15.2 Å². The molecule has 2 aromatic carbocycles. The second-order valence-electron chi connectivity index (χ2n) is 7.79. The predicted molar refractivity (Wildman–Crippen MR) is 124 cm³/mol. The summed E-state index contributed by atoms with van der Waals surface area (Å²) in [5.41, 5.74) is 7.33. The van der Waals surface area contributed by atoms with Gasteiger partial charge in [-0.25, -0.2) is 0 Å². The number of primary amides is 1. The Kier molecular flexibility index (Phi) is 6.83. The largest absolute Gasteiger partial charge is 0.486 e. The average molecular weight is 468 g/mol. The number of carbonyl (C=O) groups excluding carboxylic acids is 2. The molecule has 33 heavy (non-hydrogen) atoms. The van der Waals surface area contributed by atoms with E-state index in [-0.39, 0.29) is 24.3 Å². The van der Waals surface area contributed by atoms with E-state index in [9.17, 15) is 9.59 Å². The molecule has 2 N–H and O–H groups in total. The molecular formula is C23H25N5O4S. The highest BCUT2D eigenvalue weighted by molar-refractivity contribution is 7.99. The van der Waals surface area contributed by atoms with E-state index < -0.39 is 5.91 Å². The van der Waals surface area contributed by atoms with E-state index >= 15 is 0 Å². The smallest absolute Gasteiger partial charge is 0.237 e. The number of para-hydroxylation sites is 2. The zero-order chi connectivity index (χ0) is 23.4. The lowest BCUT2D eigenvalue weighted by Crippen LogP contribution is -2.42. The third kappa shape index (κ3) is 5.46. The molecule has 2 amide bonds. The quantitative estimate of drug-likeness (QED) is 0.505. The van der Waals surface area contributed by atoms with Crippen molar-refractivity contribution in [2.75, 3.05) is 26.0 Å². The summed E-state index contributed by atoms with van der Waals surface area (Å²) in [6.07, 6.45) is -0.259. The van der Waals surface area contributed by atoms with Crippen molar-refractivity contribution in [2.45, 2.75) is 24.7 Å². The van der Waals surface area contributed by atoms with Crippen LogP contribution in [0.2, 0.25) is 0 Å². The van der Waals surface area contributed by atoms with Crippen molar-refractivity contribution in [3.05, 3.63) is 54.1 Å². The number of benzene rings is 2. The Morgan fingerprint density at radius 3 is 2.73 bits per heavy atom. The van der Waals surface area contributed by atoms with Gasteiger partial charge >= 0.3 is 0 Å². The van der Waals surface area contributed by atoms with Gasteiger partial charge in [-0.3, -0.25) is 14.2 Å². The number of hydrogen-bond acceptors (Lipinski definition) is 7. The number of hydrogen-bond donors (Lipinski definition) is 1. The first-order chi connectivity index (χ1) is 15.9. The molecule has 9 nitrogen and oxygen atoms in total. The number of aryl methyl sites for hydroxylation is 1. The minimum absolute atomic E-state index is 0.0741. The fourth-order valence-electron chi connectivity index (χ4n) is 3.49. The first-order valence-corrected chi connectivity index (χ1v) is 11.4. The Morgan fingerprint density at radius 1 is 1.18 bits per heavy atom. The highest BCUT2D eigenvalue weighted by atomic mass is 32.2. The second kappa shape index (κ2) is 9.95. The van der Waals surface area contributed by atoms with Gasteiger partial charge in [0.2, 0.25) is 11.8 Å². The van der Waals surface area contributed by atoms with E-state index in [2.05, 4.69) is 10.2 Å². The third-order valence-electron chi connectivity index (χ3n) is 5.10. The van der Waals surface area contributed by atoms with Crippen LogP contribution in [0.25, 0.3) is 11.4 Å². The van der Waals surface area contributed by atoms with Crippen LogP contribution in [0.3, 0.4) is 0 Å². The average Bonchev–Trinajstić information content (AvgIpc) is 3.19. The van der Waals surface area contributed by atoms with Gasteiger partial charge in [0, 0.05) is 12.6 Å². The molecule has 0 spiro atoms. The van der Waals surface area contributed by atoms with Gasteiger partial charge in [-0.2, -0.15) is 0 Å². The van der Waals surface area contributed by atoms with Crippen molar-refractivity contribution in [1.82, 2.24) is 19.7 Å². The summed E-state index contributed by atoms with van der Waals surface area (Å²) in [6.45, 7) is 2.65. The molecule has 1 unspecified atom stereocenters. The van der Waals surface area contributed by atoms with Gasteiger partial charge in [0.15, 0.2) is 28.6 Å². The molecule has 1 aliphatic heterocycles. The summed E-state index contributed by atoms with van der Waals surface area (Å²) in [6, 6.07) is 15.2. The summed E-state index contributed by atoms with van der Waals surface area (Å²) in [5, 5.41) is 8.90. The highest BCUT2D eigenvalue weighted by Crippen LogP contribution is 2.31. The molecule has 172 valence electrons. The van der Waals surface area contributed by atoms with E-state index in [4.69, 9.17) is 15.2 Å². The minimum atomic E-state index is -0.510. The number of rotatable bonds is 8. The molecule has 1 aliphatic rings. The van der Waals surface area contributed by atoms with Crippen LogP contribution in [0.5, 0.6) is 11.5 Å². The SMILES string of the molecule is Cc1cccc(-c2nnc(SCC(=O)N(C)CC3COc4ccccc4O3)n2CC(N)=O)c1. The zero-order valence-electron chi connectivity index (χ0n) is 18.4. The fraction of sp³-hybridized carbons (Fsp3) is 0.304. The molecule has 0 radical (unpaired) electrons. The van der Waals surface area contributed by atoms with Crippen LogP contribution in [0.4, 0.5) is 0 Å². The molecule has 1 atom stereocenters. The van der Waals surface area contributed by atoms with E-state index in [1.165, 1.54) is 11.8 Å². The van der Waals surface area contributed by atoms with Crippen LogP contribution >= 0.6 is 11.8 Å². The first-order valence-electron chi connectivity index (χ1n) is 10.4. The molecule has 3 aromatic rings. The topological polar surface area (TPSA) is 113 Å². The normalized spacial score (nSPS) is 14.7. The maximum Gasteiger partial charge on any atom is 0.237 e. The van der Waals surface area contributed by atoms with Gasteiger partial charge < -0.3 is 20.1 Å². The number of carbonyl (C=O) groups is 2. The van der Waals surface area contributed by atoms with Crippen LogP contribution in [-0.2, 0) is 16.1 Å². The molecule has 2 heterocycles. The summed E-state index contributed by atoms with van der Waals surface area (Å²) in [5.74, 6) is 1.43. The second-order valence-corrected chi connectivity index (χ2v) is 8.73. The van der Waals surface area contributed by atoms with Crippen molar-refractivity contribution in [1.29, 1.82) is 0 Å². The standard InChI is InChI=1S/C23H25N5O4S/c1-15-6-5-7-16(10-15)22-25-26-23(28(22)12-20(24)29)33-14-21(30)27(2)11-17-13-31-18-8-3-4-9-19(18)32-17/h3-10,17H,11-14H2,1-2H3,(H2,24,29). The van der Waals surface area contributed by atoms with Crippen LogP contribution in [-0.4, -0.2) is 63.5 Å². The summed E-state index contributed by atoms with van der Waals surface area (Å²) < 4.78 is 13.3. The lowest BCUT2D eigenvalue weighted by Gasteiger charge is -2.29. The number of thioether (sulfide) groups is 1. The molecule has 1 aromatic heterocycles. The number of fused-ring (bicyclic) bond motifs is 1. The number of amides is 2. The molecule has 0 saturated heterocycles. The molecule has 0 bridgehead atoms. The minimum Gasteiger partial charge on any atom is -0.486 e. The summed E-state index contributed by atoms with van der Waals surface area (Å²) in [4.78, 5) is 26.0. The molecule has 0 aliphatic carbocycles. The Balaban J connectivity index is 1.40. The Bertz CT molecular complexity index is 1170. The molecule has 4 rings (SSSR count). The van der Waals surface area contributed by atoms with Crippen molar-refractivity contribution in [3.63, 3.8) is 0 Å². The zero-order valence-corrected chi connectivity index (χ0v) is 19.2. The van der Waals surface area contributed by atoms with Gasteiger partial charge in [0.1, 0.15) is 13.2 Å². The van der Waals surface area contributed by atoms with Crippen LogP contribution in [0, 0.1) is 6.92 Å². The number of nitrogens with two attached hydrogens (primary N) is 1. The maximum absolute atomic E-state index is 12.8. The monoisotopic (exact) mass is 467 g/mol. The van der Waals surface area contributed by atoms with Crippen molar-refractivity contribution >= 4 is 23.6 Å². The number of likely N-dealkylation sites (N-methyl/N-ethyl adjacent to an activating group) is 1. The van der Waals surface area contributed by atoms with Gasteiger partial charge in [-0.15, -0.1) is 10.2 Å². The van der Waals surface area contributed by atoms with E-state index in [0.29, 0.717) is 35.6 Å². The molecular weight excluding hydrogens is 442 g/mol. The molecule has 10 heteroatoms. The maximum atomic E-state index is 12.8. The number of nitrogens with zero attached hydrogens (tertiary/aromatic N) is 4. The number of ether oxygens (including phenoxy) is 2. The number of aromatic nitrogens is 3. The van der Waals surface area contributed by atoms with Crippen molar-refractivity contribution in [3.8, 4) is 22.9 Å². The van der Waals surface area contributed by atoms with Gasteiger partial charge in [-0.1, -0.05) is 47.7 Å². The third-order valence-corrected chi connectivity index (χ3v) is 6.05. The van der Waals surface area contributed by atoms with Gasteiger partial charge in [-0.05, 0) is 25.1 Å².